The van der Waals surface area contributed by atoms with E-state index in [-0.39, 0.29) is 57.0 Å². The number of carbonyl (C=O) groups is 5. The van der Waals surface area contributed by atoms with E-state index in [2.05, 4.69) is 10.3 Å². The van der Waals surface area contributed by atoms with E-state index in [0.717, 1.165) is 17.1 Å². The highest BCUT2D eigenvalue weighted by atomic mass is 16.7. The van der Waals surface area contributed by atoms with Gasteiger partial charge in [-0.05, 0) is 24.6 Å². The standard InChI is InChI=1S/C47H74N6O17/c1-4-10-53(47(58)40-34-38-5-6-39(46(57)51(2)3)35-41(38)50-42(48)36-40)70-33-32-69-31-30-68-29-28-67-27-26-66-25-24-65-23-22-64-21-20-63-19-18-62-17-16-61-15-14-60-13-12-59-11-9-49-43(54)37-52-44(55)7-8-45(52)56/h5-8,34-35H,4,9-33,36-37H2,1-3H3,(H2,48,50)(H,49,54). The smallest absolute Gasteiger partial charge is 0.273 e. The molecular formula is C47H74N6O17. The van der Waals surface area contributed by atoms with Crippen LogP contribution in [0, 0.1) is 0 Å². The molecule has 23 heteroatoms. The molecule has 2 aliphatic heterocycles. The average Bonchev–Trinajstić information content (AvgIpc) is 3.55. The summed E-state index contributed by atoms with van der Waals surface area (Å²) in [5.41, 5.74) is 8.31. The van der Waals surface area contributed by atoms with Crippen molar-refractivity contribution in [2.45, 2.75) is 19.8 Å². The zero-order valence-electron chi connectivity index (χ0n) is 41.1. The van der Waals surface area contributed by atoms with E-state index in [9.17, 15) is 24.0 Å². The van der Waals surface area contributed by atoms with Gasteiger partial charge in [-0.3, -0.25) is 33.7 Å². The summed E-state index contributed by atoms with van der Waals surface area (Å²) in [4.78, 5) is 73.2. The second-order valence-corrected chi connectivity index (χ2v) is 15.3. The number of amides is 5. The molecule has 0 bridgehead atoms. The Morgan fingerprint density at radius 3 is 1.44 bits per heavy atom. The highest BCUT2D eigenvalue weighted by Gasteiger charge is 2.26. The van der Waals surface area contributed by atoms with Gasteiger partial charge >= 0.3 is 0 Å². The SMILES string of the molecule is CCCN(OCCOCCOCCOCCOCCOCCOCCOCCOCCOCCOCCOCCNC(=O)CN1C(=O)C=CC1=O)C(=O)C1=Cc2ccc(C(=O)N(C)C)cc2N=C(N)C1. The molecule has 0 saturated heterocycles. The number of imide groups is 1. The lowest BCUT2D eigenvalue weighted by Crippen LogP contribution is -2.41. The van der Waals surface area contributed by atoms with Crippen LogP contribution < -0.4 is 11.1 Å². The highest BCUT2D eigenvalue weighted by molar-refractivity contribution is 6.14. The van der Waals surface area contributed by atoms with Crippen LogP contribution in [0.1, 0.15) is 35.7 Å². The molecule has 0 radical (unpaired) electrons. The number of hydrogen-bond acceptors (Lipinski definition) is 19. The summed E-state index contributed by atoms with van der Waals surface area (Å²) in [5, 5.41) is 3.92. The van der Waals surface area contributed by atoms with Crippen molar-refractivity contribution in [3.63, 3.8) is 0 Å². The Morgan fingerprint density at radius 2 is 1.03 bits per heavy atom. The number of nitrogens with one attached hydrogen (secondary N) is 1. The number of benzene rings is 1. The first-order valence-electron chi connectivity index (χ1n) is 23.6. The molecule has 3 N–H and O–H groups in total. The molecular weight excluding hydrogens is 921 g/mol. The normalized spacial score (nSPS) is 13.3. The van der Waals surface area contributed by atoms with Crippen molar-refractivity contribution in [3.8, 4) is 0 Å². The van der Waals surface area contributed by atoms with E-state index < -0.39 is 17.7 Å². The Morgan fingerprint density at radius 1 is 0.614 bits per heavy atom. The van der Waals surface area contributed by atoms with Gasteiger partial charge in [-0.25, -0.2) is 10.1 Å². The lowest BCUT2D eigenvalue weighted by atomic mass is 10.0. The quantitative estimate of drug-likeness (QED) is 0.0515. The summed E-state index contributed by atoms with van der Waals surface area (Å²) in [5.74, 6) is -1.62. The minimum atomic E-state index is -0.498. The zero-order valence-corrected chi connectivity index (χ0v) is 41.1. The molecule has 0 unspecified atom stereocenters. The fourth-order valence-corrected chi connectivity index (χ4v) is 6.06. The van der Waals surface area contributed by atoms with Gasteiger partial charge in [0.2, 0.25) is 5.91 Å². The van der Waals surface area contributed by atoms with E-state index in [1.165, 1.54) is 9.96 Å². The average molecular weight is 995 g/mol. The summed E-state index contributed by atoms with van der Waals surface area (Å²) in [7, 11) is 3.36. The molecule has 0 aliphatic carbocycles. The highest BCUT2D eigenvalue weighted by Crippen LogP contribution is 2.29. The number of nitrogens with two attached hydrogens (primary N) is 1. The molecule has 3 rings (SSSR count). The number of rotatable bonds is 43. The summed E-state index contributed by atoms with van der Waals surface area (Å²) in [6, 6.07) is 5.15. The molecule has 0 atom stereocenters. The van der Waals surface area contributed by atoms with Crippen LogP contribution in [0.25, 0.3) is 6.08 Å². The first kappa shape index (κ1) is 59.5. The van der Waals surface area contributed by atoms with Crippen molar-refractivity contribution < 1.29 is 80.9 Å². The van der Waals surface area contributed by atoms with Crippen LogP contribution in [0.5, 0.6) is 0 Å². The fourth-order valence-electron chi connectivity index (χ4n) is 6.06. The molecule has 0 saturated carbocycles. The summed E-state index contributed by atoms with van der Waals surface area (Å²) < 4.78 is 60.5. The Labute approximate surface area is 410 Å². The second kappa shape index (κ2) is 38.0. The Bertz CT molecular complexity index is 1760. The number of hydroxylamine groups is 2. The molecule has 394 valence electrons. The first-order valence-corrected chi connectivity index (χ1v) is 23.6. The summed E-state index contributed by atoms with van der Waals surface area (Å²) in [6.45, 7) is 11.5. The Kier molecular flexibility index (Phi) is 32.3. The van der Waals surface area contributed by atoms with Crippen molar-refractivity contribution in [2.75, 3.05) is 186 Å². The Hall–Kier alpha value is -4.76. The van der Waals surface area contributed by atoms with Gasteiger partial charge < -0.3 is 68.1 Å². The van der Waals surface area contributed by atoms with Crippen molar-refractivity contribution in [3.05, 3.63) is 47.1 Å². The van der Waals surface area contributed by atoms with Gasteiger partial charge in [-0.1, -0.05) is 13.0 Å². The van der Waals surface area contributed by atoms with E-state index >= 15 is 0 Å². The third-order valence-electron chi connectivity index (χ3n) is 9.54. The van der Waals surface area contributed by atoms with Gasteiger partial charge in [0, 0.05) is 62.5 Å². The predicted molar refractivity (Wildman–Crippen MR) is 254 cm³/mol. The predicted octanol–water partition coefficient (Wildman–Crippen LogP) is 0.558. The lowest BCUT2D eigenvalue weighted by molar-refractivity contribution is -0.187. The monoisotopic (exact) mass is 995 g/mol. The van der Waals surface area contributed by atoms with Crippen molar-refractivity contribution in [2.24, 2.45) is 10.7 Å². The van der Waals surface area contributed by atoms with Crippen LogP contribution in [-0.2, 0) is 76.1 Å². The third-order valence-corrected chi connectivity index (χ3v) is 9.54. The third kappa shape index (κ3) is 26.4. The van der Waals surface area contributed by atoms with E-state index in [1.807, 2.05) is 6.92 Å². The molecule has 1 aromatic carbocycles. The van der Waals surface area contributed by atoms with Crippen LogP contribution in [0.4, 0.5) is 5.69 Å². The van der Waals surface area contributed by atoms with Crippen LogP contribution >= 0.6 is 0 Å². The maximum atomic E-state index is 13.5. The van der Waals surface area contributed by atoms with Crippen LogP contribution in [-0.4, -0.2) is 236 Å². The van der Waals surface area contributed by atoms with E-state index in [1.54, 1.807) is 38.4 Å². The maximum Gasteiger partial charge on any atom is 0.273 e. The number of aliphatic imine (C=N–C) groups is 1. The summed E-state index contributed by atoms with van der Waals surface area (Å²) in [6.07, 6.45) is 4.85. The van der Waals surface area contributed by atoms with E-state index in [0.29, 0.717) is 167 Å². The summed E-state index contributed by atoms with van der Waals surface area (Å²) >= 11 is 0. The molecule has 2 aliphatic rings. The molecule has 2 heterocycles. The molecule has 70 heavy (non-hydrogen) atoms. The van der Waals surface area contributed by atoms with Gasteiger partial charge in [0.1, 0.15) is 12.4 Å². The largest absolute Gasteiger partial charge is 0.387 e. The van der Waals surface area contributed by atoms with Crippen molar-refractivity contribution in [1.29, 1.82) is 0 Å². The van der Waals surface area contributed by atoms with Gasteiger partial charge in [0.25, 0.3) is 23.6 Å². The van der Waals surface area contributed by atoms with E-state index in [4.69, 9.17) is 62.7 Å². The topological polar surface area (TPSA) is 256 Å². The maximum absolute atomic E-state index is 13.5. The Balaban J connectivity index is 0.990. The van der Waals surface area contributed by atoms with Crippen LogP contribution in [0.3, 0.4) is 0 Å². The minimum Gasteiger partial charge on any atom is -0.387 e. The van der Waals surface area contributed by atoms with Gasteiger partial charge in [0.05, 0.1) is 158 Å². The number of carbonyl (C=O) groups excluding carboxylic acids is 5. The van der Waals surface area contributed by atoms with Gasteiger partial charge in [0.15, 0.2) is 0 Å². The number of nitrogens with zero attached hydrogens (tertiary/aromatic N) is 4. The van der Waals surface area contributed by atoms with Gasteiger partial charge in [-0.2, -0.15) is 0 Å². The zero-order chi connectivity index (χ0) is 50.4. The molecule has 5 amide bonds. The van der Waals surface area contributed by atoms with Crippen LogP contribution in [0.15, 0.2) is 40.9 Å². The molecule has 0 fully saturated rings. The number of ether oxygens (including phenoxy) is 11. The molecule has 0 aromatic heterocycles. The lowest BCUT2D eigenvalue weighted by Gasteiger charge is -2.22. The number of fused-ring (bicyclic) bond motifs is 1. The van der Waals surface area contributed by atoms with Crippen LogP contribution in [0.2, 0.25) is 0 Å². The second-order valence-electron chi connectivity index (χ2n) is 15.3. The number of hydrogen-bond donors (Lipinski definition) is 2. The molecule has 1 aromatic rings. The molecule has 0 spiro atoms. The van der Waals surface area contributed by atoms with Crippen molar-refractivity contribution >= 4 is 47.1 Å². The minimum absolute atomic E-state index is 0.150. The molecule has 23 nitrogen and oxygen atoms in total. The van der Waals surface area contributed by atoms with Crippen molar-refractivity contribution in [1.82, 2.24) is 20.2 Å². The first-order chi connectivity index (χ1) is 34.1. The number of amidine groups is 1. The van der Waals surface area contributed by atoms with Gasteiger partial charge in [-0.15, -0.1) is 0 Å². The fraction of sp³-hybridized carbons (Fsp3) is 0.660.